The number of nitrogens with one attached hydrogen (secondary N) is 1. The molecule has 1 N–H and O–H groups in total. The number of nitrogens with zero attached hydrogens (tertiary/aromatic N) is 2. The van der Waals surface area contributed by atoms with Gasteiger partial charge in [0.1, 0.15) is 4.21 Å². The lowest BCUT2D eigenvalue weighted by Gasteiger charge is -2.32. The van der Waals surface area contributed by atoms with E-state index in [-0.39, 0.29) is 5.91 Å². The molecule has 8 heteroatoms. The molecule has 0 aromatic carbocycles. The Morgan fingerprint density at radius 1 is 1.23 bits per heavy atom. The molecule has 2 aliphatic rings. The van der Waals surface area contributed by atoms with Gasteiger partial charge in [0.15, 0.2) is 0 Å². The van der Waals surface area contributed by atoms with Gasteiger partial charge < -0.3 is 10.2 Å². The third-order valence-corrected chi connectivity index (χ3v) is 8.87. The second-order valence-electron chi connectivity index (χ2n) is 7.52. The summed E-state index contributed by atoms with van der Waals surface area (Å²) in [4.78, 5) is 15.2. The number of carbonyl (C=O) groups excluding carboxylic acids is 1. The normalized spacial score (nSPS) is 23.3. The summed E-state index contributed by atoms with van der Waals surface area (Å²) in [5.41, 5.74) is 0. The van der Waals surface area contributed by atoms with Gasteiger partial charge in [-0.25, -0.2) is 8.42 Å². The maximum absolute atomic E-state index is 12.8. The third kappa shape index (κ3) is 4.30. The van der Waals surface area contributed by atoms with E-state index < -0.39 is 10.0 Å². The smallest absolute Gasteiger partial charge is 0.263 e. The highest BCUT2D eigenvalue weighted by Crippen LogP contribution is 2.29. The molecule has 2 aliphatic heterocycles. The van der Waals surface area contributed by atoms with E-state index in [1.165, 1.54) is 0 Å². The number of hydrogen-bond acceptors (Lipinski definition) is 5. The lowest BCUT2D eigenvalue weighted by atomic mass is 9.98. The van der Waals surface area contributed by atoms with Crippen molar-refractivity contribution in [3.8, 4) is 0 Å². The average Bonchev–Trinajstić information content (AvgIpc) is 3.13. The molecule has 1 atom stereocenters. The van der Waals surface area contributed by atoms with Gasteiger partial charge in [0.2, 0.25) is 0 Å². The predicted molar refractivity (Wildman–Crippen MR) is 104 cm³/mol. The Kier molecular flexibility index (Phi) is 6.37. The Morgan fingerprint density at radius 3 is 2.65 bits per heavy atom. The number of thiophene rings is 1. The number of piperidine rings is 2. The van der Waals surface area contributed by atoms with Crippen LogP contribution in [0.1, 0.15) is 42.3 Å². The first-order valence-electron chi connectivity index (χ1n) is 9.45. The number of sulfonamides is 1. The van der Waals surface area contributed by atoms with E-state index >= 15 is 0 Å². The molecule has 3 rings (SSSR count). The fourth-order valence-electron chi connectivity index (χ4n) is 3.79. The van der Waals surface area contributed by atoms with E-state index in [0.29, 0.717) is 34.0 Å². The predicted octanol–water partition coefficient (Wildman–Crippen LogP) is 2.24. The molecule has 1 amide bonds. The monoisotopic (exact) mass is 399 g/mol. The minimum Gasteiger partial charge on any atom is -0.338 e. The van der Waals surface area contributed by atoms with Crippen LogP contribution >= 0.6 is 11.3 Å². The van der Waals surface area contributed by atoms with Gasteiger partial charge in [-0.15, -0.1) is 11.3 Å². The molecule has 1 unspecified atom stereocenters. The summed E-state index contributed by atoms with van der Waals surface area (Å²) in [6, 6.07) is 3.27. The Morgan fingerprint density at radius 2 is 1.96 bits per heavy atom. The molecule has 146 valence electrons. The van der Waals surface area contributed by atoms with Crippen LogP contribution in [0, 0.1) is 11.8 Å². The SMILES string of the molecule is CNCC1CCCN(C(=O)c2ccc(S(=O)(=O)N3CCC(C)CC3)s2)C1. The molecular formula is C18H29N3O3S2. The number of likely N-dealkylation sites (tertiary alicyclic amines) is 1. The van der Waals surface area contributed by atoms with Crippen LogP contribution in [-0.4, -0.2) is 63.3 Å². The van der Waals surface area contributed by atoms with Gasteiger partial charge in [0.25, 0.3) is 15.9 Å². The van der Waals surface area contributed by atoms with Crippen LogP contribution in [0.25, 0.3) is 0 Å². The Hall–Kier alpha value is -0.960. The molecule has 0 aliphatic carbocycles. The lowest BCUT2D eigenvalue weighted by Crippen LogP contribution is -2.42. The second-order valence-corrected chi connectivity index (χ2v) is 10.8. The summed E-state index contributed by atoms with van der Waals surface area (Å²) < 4.78 is 27.6. The van der Waals surface area contributed by atoms with Crippen LogP contribution in [-0.2, 0) is 10.0 Å². The second kappa shape index (κ2) is 8.37. The van der Waals surface area contributed by atoms with Crippen molar-refractivity contribution in [2.75, 3.05) is 39.8 Å². The first kappa shape index (κ1) is 19.8. The molecule has 0 radical (unpaired) electrons. The molecule has 2 fully saturated rings. The van der Waals surface area contributed by atoms with Gasteiger partial charge in [-0.05, 0) is 63.2 Å². The first-order valence-corrected chi connectivity index (χ1v) is 11.7. The highest BCUT2D eigenvalue weighted by atomic mass is 32.2. The molecular weight excluding hydrogens is 370 g/mol. The summed E-state index contributed by atoms with van der Waals surface area (Å²) in [5, 5.41) is 3.18. The largest absolute Gasteiger partial charge is 0.338 e. The molecule has 3 heterocycles. The van der Waals surface area contributed by atoms with Crippen molar-refractivity contribution >= 4 is 27.3 Å². The van der Waals surface area contributed by atoms with Crippen molar-refractivity contribution in [3.63, 3.8) is 0 Å². The zero-order chi connectivity index (χ0) is 18.7. The summed E-state index contributed by atoms with van der Waals surface area (Å²) in [5.74, 6) is 1.01. The Bertz CT molecular complexity index is 722. The van der Waals surface area contributed by atoms with Crippen LogP contribution in [0.15, 0.2) is 16.3 Å². The molecule has 0 spiro atoms. The highest BCUT2D eigenvalue weighted by molar-refractivity contribution is 7.91. The number of hydrogen-bond donors (Lipinski definition) is 1. The summed E-state index contributed by atoms with van der Waals surface area (Å²) >= 11 is 1.11. The van der Waals surface area contributed by atoms with Crippen molar-refractivity contribution < 1.29 is 13.2 Å². The maximum Gasteiger partial charge on any atom is 0.263 e. The van der Waals surface area contributed by atoms with E-state index in [0.717, 1.165) is 56.7 Å². The van der Waals surface area contributed by atoms with E-state index in [4.69, 9.17) is 0 Å². The van der Waals surface area contributed by atoms with Crippen molar-refractivity contribution in [2.45, 2.75) is 36.8 Å². The lowest BCUT2D eigenvalue weighted by molar-refractivity contribution is 0.0679. The van der Waals surface area contributed by atoms with Crippen LogP contribution in [0.5, 0.6) is 0 Å². The van der Waals surface area contributed by atoms with Crippen molar-refractivity contribution in [1.29, 1.82) is 0 Å². The van der Waals surface area contributed by atoms with E-state index in [1.54, 1.807) is 16.4 Å². The van der Waals surface area contributed by atoms with Gasteiger partial charge in [0.05, 0.1) is 4.88 Å². The van der Waals surface area contributed by atoms with Crippen LogP contribution in [0.4, 0.5) is 0 Å². The van der Waals surface area contributed by atoms with Crippen LogP contribution < -0.4 is 5.32 Å². The molecule has 0 bridgehead atoms. The quantitative estimate of drug-likeness (QED) is 0.824. The van der Waals surface area contributed by atoms with Gasteiger partial charge in [-0.2, -0.15) is 4.31 Å². The standard InChI is InChI=1S/C18H29N3O3S2/c1-14-7-10-21(11-8-14)26(23,24)17-6-5-16(25-17)18(22)20-9-3-4-15(13-20)12-19-2/h5-6,14-15,19H,3-4,7-13H2,1-2H3. The van der Waals surface area contributed by atoms with Crippen molar-refractivity contribution in [2.24, 2.45) is 11.8 Å². The van der Waals surface area contributed by atoms with Crippen molar-refractivity contribution in [3.05, 3.63) is 17.0 Å². The fraction of sp³-hybridized carbons (Fsp3) is 0.722. The zero-order valence-electron chi connectivity index (χ0n) is 15.6. The molecule has 1 aromatic heterocycles. The van der Waals surface area contributed by atoms with Gasteiger partial charge in [-0.1, -0.05) is 6.92 Å². The van der Waals surface area contributed by atoms with E-state index in [2.05, 4.69) is 12.2 Å². The maximum atomic E-state index is 12.8. The van der Waals surface area contributed by atoms with Crippen molar-refractivity contribution in [1.82, 2.24) is 14.5 Å². The van der Waals surface area contributed by atoms with E-state index in [1.807, 2.05) is 11.9 Å². The van der Waals surface area contributed by atoms with Crippen LogP contribution in [0.3, 0.4) is 0 Å². The topological polar surface area (TPSA) is 69.7 Å². The number of rotatable bonds is 5. The molecule has 1 aromatic rings. The minimum absolute atomic E-state index is 0.0375. The summed E-state index contributed by atoms with van der Waals surface area (Å²) in [7, 11) is -1.55. The highest BCUT2D eigenvalue weighted by Gasteiger charge is 2.31. The molecule has 6 nitrogen and oxygen atoms in total. The van der Waals surface area contributed by atoms with Gasteiger partial charge in [0, 0.05) is 26.2 Å². The molecule has 0 saturated carbocycles. The minimum atomic E-state index is -3.48. The van der Waals surface area contributed by atoms with Gasteiger partial charge >= 0.3 is 0 Å². The zero-order valence-corrected chi connectivity index (χ0v) is 17.2. The molecule has 2 saturated heterocycles. The third-order valence-electron chi connectivity index (χ3n) is 5.43. The molecule has 26 heavy (non-hydrogen) atoms. The number of amides is 1. The summed E-state index contributed by atoms with van der Waals surface area (Å²) in [6.45, 7) is 5.70. The van der Waals surface area contributed by atoms with Crippen LogP contribution in [0.2, 0.25) is 0 Å². The Labute approximate surface area is 160 Å². The summed E-state index contributed by atoms with van der Waals surface area (Å²) in [6.07, 6.45) is 3.93. The number of carbonyl (C=O) groups is 1. The average molecular weight is 400 g/mol. The van der Waals surface area contributed by atoms with Gasteiger partial charge in [-0.3, -0.25) is 4.79 Å². The Balaban J connectivity index is 1.69. The first-order chi connectivity index (χ1) is 12.4. The fourth-order valence-corrected chi connectivity index (χ4v) is 6.69. The van der Waals surface area contributed by atoms with E-state index in [9.17, 15) is 13.2 Å².